The van der Waals surface area contributed by atoms with Gasteiger partial charge in [-0.15, -0.1) is 11.3 Å². The maximum absolute atomic E-state index is 4.56. The summed E-state index contributed by atoms with van der Waals surface area (Å²) in [6.07, 6.45) is 3.78. The van der Waals surface area contributed by atoms with Crippen LogP contribution >= 0.6 is 11.3 Å². The molecule has 0 saturated heterocycles. The van der Waals surface area contributed by atoms with Gasteiger partial charge in [0.2, 0.25) is 0 Å². The minimum Gasteiger partial charge on any atom is -0.312 e. The predicted molar refractivity (Wildman–Crippen MR) is 51.6 cm³/mol. The third-order valence-electron chi connectivity index (χ3n) is 2.41. The molecular weight excluding hydrogens is 168 g/mol. The van der Waals surface area contributed by atoms with E-state index in [0.29, 0.717) is 6.04 Å². The largest absolute Gasteiger partial charge is 0.312 e. The number of aromatic nitrogens is 1. The van der Waals surface area contributed by atoms with Crippen LogP contribution in [0.3, 0.4) is 0 Å². The summed E-state index contributed by atoms with van der Waals surface area (Å²) in [6, 6.07) is 0.513. The number of aryl methyl sites for hydroxylation is 2. The minimum atomic E-state index is 0.513. The average Bonchev–Trinajstić information content (AvgIpc) is 2.44. The first-order valence-electron chi connectivity index (χ1n) is 4.44. The zero-order valence-electron chi connectivity index (χ0n) is 7.55. The SMILES string of the molecule is CN[C@@H]1CCCc2sc(C)nc21. The van der Waals surface area contributed by atoms with Gasteiger partial charge in [0, 0.05) is 4.88 Å². The first-order chi connectivity index (χ1) is 5.81. The lowest BCUT2D eigenvalue weighted by molar-refractivity contribution is 0.489. The first-order valence-corrected chi connectivity index (χ1v) is 5.26. The van der Waals surface area contributed by atoms with Crippen molar-refractivity contribution in [2.75, 3.05) is 7.05 Å². The Labute approximate surface area is 77.0 Å². The van der Waals surface area contributed by atoms with E-state index in [4.69, 9.17) is 0 Å². The molecule has 1 atom stereocenters. The summed E-state index contributed by atoms with van der Waals surface area (Å²) in [7, 11) is 2.02. The van der Waals surface area contributed by atoms with Crippen molar-refractivity contribution in [3.05, 3.63) is 15.6 Å². The Bertz CT molecular complexity index is 280. The molecule has 1 aliphatic carbocycles. The average molecular weight is 182 g/mol. The lowest BCUT2D eigenvalue weighted by atomic mass is 9.98. The summed E-state index contributed by atoms with van der Waals surface area (Å²) in [6.45, 7) is 2.09. The van der Waals surface area contributed by atoms with E-state index >= 15 is 0 Å². The first kappa shape index (κ1) is 8.20. The summed E-state index contributed by atoms with van der Waals surface area (Å²) in [4.78, 5) is 6.06. The van der Waals surface area contributed by atoms with Crippen LogP contribution in [0.2, 0.25) is 0 Å². The van der Waals surface area contributed by atoms with Gasteiger partial charge in [0.05, 0.1) is 16.7 Å². The molecular formula is C9H14N2S. The Morgan fingerprint density at radius 3 is 3.17 bits per heavy atom. The van der Waals surface area contributed by atoms with Crippen LogP contribution in [0, 0.1) is 6.92 Å². The molecule has 0 aromatic carbocycles. The van der Waals surface area contributed by atoms with Gasteiger partial charge in [0.15, 0.2) is 0 Å². The Morgan fingerprint density at radius 1 is 1.58 bits per heavy atom. The number of hydrogen-bond acceptors (Lipinski definition) is 3. The van der Waals surface area contributed by atoms with Crippen LogP contribution in [0.15, 0.2) is 0 Å². The highest BCUT2D eigenvalue weighted by molar-refractivity contribution is 7.11. The molecule has 2 nitrogen and oxygen atoms in total. The second-order valence-electron chi connectivity index (χ2n) is 3.27. The van der Waals surface area contributed by atoms with E-state index in [-0.39, 0.29) is 0 Å². The molecule has 0 bridgehead atoms. The predicted octanol–water partition coefficient (Wildman–Crippen LogP) is 2.05. The third kappa shape index (κ3) is 1.27. The summed E-state index contributed by atoms with van der Waals surface area (Å²) >= 11 is 1.86. The summed E-state index contributed by atoms with van der Waals surface area (Å²) in [5, 5.41) is 4.53. The van der Waals surface area contributed by atoms with Crippen LogP contribution in [0.25, 0.3) is 0 Å². The second kappa shape index (κ2) is 3.15. The minimum absolute atomic E-state index is 0.513. The molecule has 2 rings (SSSR count). The monoisotopic (exact) mass is 182 g/mol. The van der Waals surface area contributed by atoms with Gasteiger partial charge < -0.3 is 5.32 Å². The van der Waals surface area contributed by atoms with E-state index in [1.54, 1.807) is 0 Å². The Morgan fingerprint density at radius 2 is 2.42 bits per heavy atom. The fourth-order valence-corrected chi connectivity index (χ4v) is 2.86. The standard InChI is InChI=1S/C9H14N2S/c1-6-11-9-7(10-2)4-3-5-8(9)12-6/h7,10H,3-5H2,1-2H3/t7-/m1/s1. The molecule has 1 aromatic rings. The number of fused-ring (bicyclic) bond motifs is 1. The third-order valence-corrected chi connectivity index (χ3v) is 3.46. The molecule has 1 N–H and O–H groups in total. The van der Waals surface area contributed by atoms with E-state index in [1.165, 1.54) is 34.8 Å². The Balaban J connectivity index is 2.36. The van der Waals surface area contributed by atoms with Gasteiger partial charge in [-0.1, -0.05) is 0 Å². The highest BCUT2D eigenvalue weighted by atomic mass is 32.1. The van der Waals surface area contributed by atoms with Crippen LogP contribution in [-0.2, 0) is 6.42 Å². The quantitative estimate of drug-likeness (QED) is 0.719. The van der Waals surface area contributed by atoms with Crippen molar-refractivity contribution in [2.45, 2.75) is 32.2 Å². The van der Waals surface area contributed by atoms with Crippen molar-refractivity contribution in [2.24, 2.45) is 0 Å². The highest BCUT2D eigenvalue weighted by Crippen LogP contribution is 2.32. The van der Waals surface area contributed by atoms with Gasteiger partial charge in [-0.05, 0) is 33.2 Å². The van der Waals surface area contributed by atoms with Crippen LogP contribution in [0.1, 0.15) is 34.5 Å². The second-order valence-corrected chi connectivity index (χ2v) is 4.56. The molecule has 12 heavy (non-hydrogen) atoms. The molecule has 0 saturated carbocycles. The fourth-order valence-electron chi connectivity index (χ4n) is 1.82. The number of rotatable bonds is 1. The fraction of sp³-hybridized carbons (Fsp3) is 0.667. The van der Waals surface area contributed by atoms with Crippen LogP contribution in [0.5, 0.6) is 0 Å². The highest BCUT2D eigenvalue weighted by Gasteiger charge is 2.21. The Hall–Kier alpha value is -0.410. The normalized spacial score (nSPS) is 22.3. The van der Waals surface area contributed by atoms with Crippen molar-refractivity contribution < 1.29 is 0 Å². The van der Waals surface area contributed by atoms with E-state index in [1.807, 2.05) is 18.4 Å². The molecule has 1 heterocycles. The van der Waals surface area contributed by atoms with Crippen molar-refractivity contribution in [3.8, 4) is 0 Å². The summed E-state index contributed by atoms with van der Waals surface area (Å²) in [5.74, 6) is 0. The van der Waals surface area contributed by atoms with Crippen molar-refractivity contribution in [1.82, 2.24) is 10.3 Å². The van der Waals surface area contributed by atoms with E-state index < -0.39 is 0 Å². The van der Waals surface area contributed by atoms with Crippen molar-refractivity contribution in [1.29, 1.82) is 0 Å². The zero-order chi connectivity index (χ0) is 8.55. The van der Waals surface area contributed by atoms with Gasteiger partial charge in [-0.25, -0.2) is 4.98 Å². The van der Waals surface area contributed by atoms with Crippen molar-refractivity contribution in [3.63, 3.8) is 0 Å². The molecule has 66 valence electrons. The molecule has 0 amide bonds. The molecule has 0 aliphatic heterocycles. The topological polar surface area (TPSA) is 24.9 Å². The molecule has 1 aliphatic rings. The van der Waals surface area contributed by atoms with Gasteiger partial charge in [0.25, 0.3) is 0 Å². The summed E-state index contributed by atoms with van der Waals surface area (Å²) in [5.41, 5.74) is 1.31. The van der Waals surface area contributed by atoms with Crippen molar-refractivity contribution >= 4 is 11.3 Å². The maximum Gasteiger partial charge on any atom is 0.0900 e. The zero-order valence-corrected chi connectivity index (χ0v) is 8.37. The van der Waals surface area contributed by atoms with Crippen LogP contribution < -0.4 is 5.32 Å². The van der Waals surface area contributed by atoms with E-state index in [0.717, 1.165) is 0 Å². The van der Waals surface area contributed by atoms with E-state index in [9.17, 15) is 0 Å². The summed E-state index contributed by atoms with van der Waals surface area (Å²) < 4.78 is 0. The number of nitrogens with one attached hydrogen (secondary N) is 1. The number of hydrogen-bond donors (Lipinski definition) is 1. The lowest BCUT2D eigenvalue weighted by Gasteiger charge is -2.19. The van der Waals surface area contributed by atoms with Gasteiger partial charge in [0.1, 0.15) is 0 Å². The number of thiazole rings is 1. The maximum atomic E-state index is 4.56. The van der Waals surface area contributed by atoms with Crippen LogP contribution in [0.4, 0.5) is 0 Å². The molecule has 0 radical (unpaired) electrons. The van der Waals surface area contributed by atoms with Gasteiger partial charge in [-0.2, -0.15) is 0 Å². The van der Waals surface area contributed by atoms with Gasteiger partial charge in [-0.3, -0.25) is 0 Å². The molecule has 0 spiro atoms. The smallest absolute Gasteiger partial charge is 0.0900 e. The van der Waals surface area contributed by atoms with E-state index in [2.05, 4.69) is 17.2 Å². The van der Waals surface area contributed by atoms with Crippen LogP contribution in [-0.4, -0.2) is 12.0 Å². The number of nitrogens with zero attached hydrogens (tertiary/aromatic N) is 1. The van der Waals surface area contributed by atoms with Gasteiger partial charge >= 0.3 is 0 Å². The molecule has 1 aromatic heterocycles. The molecule has 3 heteroatoms. The molecule has 0 fully saturated rings. The lowest BCUT2D eigenvalue weighted by Crippen LogP contribution is -2.21. The molecule has 0 unspecified atom stereocenters. The Kier molecular flexibility index (Phi) is 2.15.